The van der Waals surface area contributed by atoms with Crippen molar-refractivity contribution >= 4 is 5.91 Å². The van der Waals surface area contributed by atoms with Gasteiger partial charge in [-0.05, 0) is 25.2 Å². The molecule has 1 saturated carbocycles. The van der Waals surface area contributed by atoms with E-state index in [2.05, 4.69) is 6.07 Å². The monoisotopic (exact) mass is 206 g/mol. The Kier molecular flexibility index (Phi) is 2.95. The second-order valence-electron chi connectivity index (χ2n) is 4.77. The summed E-state index contributed by atoms with van der Waals surface area (Å²) in [6, 6.07) is 2.66. The average molecular weight is 206 g/mol. The standard InChI is InChI=1S/C12H18N2O/c1-9(15)14-7-6-12(14)11(8-13)10-4-2-3-5-10/h10-12H,2-7H2,1H3. The summed E-state index contributed by atoms with van der Waals surface area (Å²) in [5.41, 5.74) is 0. The molecule has 1 heterocycles. The molecule has 3 nitrogen and oxygen atoms in total. The molecule has 82 valence electrons. The third-order valence-corrected chi connectivity index (χ3v) is 3.94. The van der Waals surface area contributed by atoms with Gasteiger partial charge in [0.05, 0.1) is 12.0 Å². The molecule has 2 unspecified atom stereocenters. The van der Waals surface area contributed by atoms with Crippen molar-refractivity contribution in [1.29, 1.82) is 5.26 Å². The molecule has 2 aliphatic rings. The van der Waals surface area contributed by atoms with Crippen molar-refractivity contribution in [3.63, 3.8) is 0 Å². The number of nitriles is 1. The number of hydrogen-bond acceptors (Lipinski definition) is 2. The van der Waals surface area contributed by atoms with Crippen LogP contribution in [0.3, 0.4) is 0 Å². The van der Waals surface area contributed by atoms with Gasteiger partial charge >= 0.3 is 0 Å². The molecule has 0 bridgehead atoms. The fraction of sp³-hybridized carbons (Fsp3) is 0.833. The molecule has 0 aromatic rings. The van der Waals surface area contributed by atoms with Crippen LogP contribution in [-0.2, 0) is 4.79 Å². The highest BCUT2D eigenvalue weighted by molar-refractivity contribution is 5.74. The highest BCUT2D eigenvalue weighted by Gasteiger charge is 2.40. The van der Waals surface area contributed by atoms with Crippen LogP contribution in [0.1, 0.15) is 39.0 Å². The number of carbonyl (C=O) groups is 1. The summed E-state index contributed by atoms with van der Waals surface area (Å²) >= 11 is 0. The van der Waals surface area contributed by atoms with E-state index in [1.54, 1.807) is 6.92 Å². The van der Waals surface area contributed by atoms with E-state index in [4.69, 9.17) is 0 Å². The quantitative estimate of drug-likeness (QED) is 0.693. The Morgan fingerprint density at radius 3 is 2.47 bits per heavy atom. The predicted octanol–water partition coefficient (Wildman–Crippen LogP) is 1.94. The summed E-state index contributed by atoms with van der Waals surface area (Å²) in [7, 11) is 0. The van der Waals surface area contributed by atoms with Crippen molar-refractivity contribution in [3.8, 4) is 6.07 Å². The van der Waals surface area contributed by atoms with Crippen molar-refractivity contribution < 1.29 is 4.79 Å². The molecule has 2 rings (SSSR count). The van der Waals surface area contributed by atoms with Gasteiger partial charge in [0.15, 0.2) is 0 Å². The Hall–Kier alpha value is -1.04. The van der Waals surface area contributed by atoms with Crippen molar-refractivity contribution in [2.75, 3.05) is 6.54 Å². The fourth-order valence-electron chi connectivity index (χ4n) is 2.99. The zero-order valence-electron chi connectivity index (χ0n) is 9.28. The van der Waals surface area contributed by atoms with Gasteiger partial charge in [-0.3, -0.25) is 4.79 Å². The van der Waals surface area contributed by atoms with Gasteiger partial charge in [-0.1, -0.05) is 12.8 Å². The highest BCUT2D eigenvalue weighted by Crippen LogP contribution is 2.38. The molecule has 0 radical (unpaired) electrons. The van der Waals surface area contributed by atoms with Crippen molar-refractivity contribution in [2.45, 2.75) is 45.1 Å². The smallest absolute Gasteiger partial charge is 0.219 e. The van der Waals surface area contributed by atoms with E-state index in [1.807, 2.05) is 4.90 Å². The summed E-state index contributed by atoms with van der Waals surface area (Å²) in [5.74, 6) is 0.761. The summed E-state index contributed by atoms with van der Waals surface area (Å²) in [5, 5.41) is 9.23. The van der Waals surface area contributed by atoms with Crippen LogP contribution in [0.15, 0.2) is 0 Å². The maximum Gasteiger partial charge on any atom is 0.219 e. The van der Waals surface area contributed by atoms with E-state index in [1.165, 1.54) is 25.7 Å². The molecule has 1 aliphatic carbocycles. The van der Waals surface area contributed by atoms with Crippen molar-refractivity contribution in [1.82, 2.24) is 4.90 Å². The number of nitrogens with zero attached hydrogens (tertiary/aromatic N) is 2. The van der Waals surface area contributed by atoms with E-state index in [-0.39, 0.29) is 17.9 Å². The molecule has 3 heteroatoms. The first kappa shape index (κ1) is 10.5. The van der Waals surface area contributed by atoms with E-state index >= 15 is 0 Å². The first-order chi connectivity index (χ1) is 7.24. The number of carbonyl (C=O) groups excluding carboxylic acids is 1. The molecule has 0 aromatic carbocycles. The molecule has 1 amide bonds. The van der Waals surface area contributed by atoms with Crippen molar-refractivity contribution in [2.24, 2.45) is 11.8 Å². The minimum Gasteiger partial charge on any atom is -0.338 e. The fourth-order valence-corrected chi connectivity index (χ4v) is 2.99. The topological polar surface area (TPSA) is 44.1 Å². The Balaban J connectivity index is 2.01. The number of rotatable bonds is 2. The molecular weight excluding hydrogens is 188 g/mol. The number of likely N-dealkylation sites (tertiary alicyclic amines) is 1. The maximum atomic E-state index is 11.3. The SMILES string of the molecule is CC(=O)N1CCC1C(C#N)C1CCCC1. The molecular formula is C12H18N2O. The van der Waals surface area contributed by atoms with Gasteiger partial charge in [0.25, 0.3) is 0 Å². The van der Waals surface area contributed by atoms with Crippen LogP contribution in [0.4, 0.5) is 0 Å². The van der Waals surface area contributed by atoms with Crippen LogP contribution in [0.25, 0.3) is 0 Å². The minimum absolute atomic E-state index is 0.0881. The van der Waals surface area contributed by atoms with E-state index in [0.29, 0.717) is 5.92 Å². The Morgan fingerprint density at radius 1 is 1.40 bits per heavy atom. The second kappa shape index (κ2) is 4.22. The molecule has 1 saturated heterocycles. The maximum absolute atomic E-state index is 11.3. The number of hydrogen-bond donors (Lipinski definition) is 0. The Morgan fingerprint density at radius 2 is 2.07 bits per heavy atom. The zero-order valence-corrected chi connectivity index (χ0v) is 9.28. The highest BCUT2D eigenvalue weighted by atomic mass is 16.2. The molecule has 0 spiro atoms. The van der Waals surface area contributed by atoms with Gasteiger partial charge in [0.2, 0.25) is 5.91 Å². The molecule has 15 heavy (non-hydrogen) atoms. The molecule has 0 aromatic heterocycles. The third kappa shape index (κ3) is 1.86. The van der Waals surface area contributed by atoms with Gasteiger partial charge < -0.3 is 4.90 Å². The molecule has 2 atom stereocenters. The Bertz CT molecular complexity index is 288. The number of amides is 1. The second-order valence-corrected chi connectivity index (χ2v) is 4.77. The van der Waals surface area contributed by atoms with Crippen LogP contribution in [-0.4, -0.2) is 23.4 Å². The van der Waals surface area contributed by atoms with E-state index < -0.39 is 0 Å². The summed E-state index contributed by atoms with van der Waals surface area (Å²) in [4.78, 5) is 13.2. The normalized spacial score (nSPS) is 28.3. The van der Waals surface area contributed by atoms with Gasteiger partial charge in [-0.2, -0.15) is 5.26 Å². The largest absolute Gasteiger partial charge is 0.338 e. The molecule has 2 fully saturated rings. The van der Waals surface area contributed by atoms with Gasteiger partial charge in [-0.15, -0.1) is 0 Å². The van der Waals surface area contributed by atoms with Crippen LogP contribution in [0.2, 0.25) is 0 Å². The van der Waals surface area contributed by atoms with E-state index in [9.17, 15) is 10.1 Å². The Labute approximate surface area is 91.1 Å². The van der Waals surface area contributed by atoms with Crippen LogP contribution >= 0.6 is 0 Å². The summed E-state index contributed by atoms with van der Waals surface area (Å²) in [6.45, 7) is 2.46. The van der Waals surface area contributed by atoms with Crippen LogP contribution in [0, 0.1) is 23.2 Å². The van der Waals surface area contributed by atoms with Crippen molar-refractivity contribution in [3.05, 3.63) is 0 Å². The molecule has 0 N–H and O–H groups in total. The van der Waals surface area contributed by atoms with Gasteiger partial charge in [-0.25, -0.2) is 0 Å². The lowest BCUT2D eigenvalue weighted by Gasteiger charge is -2.44. The minimum atomic E-state index is 0.0881. The zero-order chi connectivity index (χ0) is 10.8. The summed E-state index contributed by atoms with van der Waals surface area (Å²) < 4.78 is 0. The summed E-state index contributed by atoms with van der Waals surface area (Å²) in [6.07, 6.45) is 5.90. The van der Waals surface area contributed by atoms with Gasteiger partial charge in [0.1, 0.15) is 0 Å². The lowest BCUT2D eigenvalue weighted by atomic mass is 9.80. The van der Waals surface area contributed by atoms with Gasteiger partial charge in [0, 0.05) is 19.5 Å². The lowest BCUT2D eigenvalue weighted by molar-refractivity contribution is -0.138. The first-order valence-corrected chi connectivity index (χ1v) is 5.91. The first-order valence-electron chi connectivity index (χ1n) is 5.91. The average Bonchev–Trinajstić information content (AvgIpc) is 2.63. The lowest BCUT2D eigenvalue weighted by Crippen LogP contribution is -2.54. The third-order valence-electron chi connectivity index (χ3n) is 3.94. The van der Waals surface area contributed by atoms with E-state index in [0.717, 1.165) is 13.0 Å². The van der Waals surface area contributed by atoms with Crippen LogP contribution < -0.4 is 0 Å². The van der Waals surface area contributed by atoms with Crippen LogP contribution in [0.5, 0.6) is 0 Å². The predicted molar refractivity (Wildman–Crippen MR) is 56.9 cm³/mol. The molecule has 1 aliphatic heterocycles.